The van der Waals surface area contributed by atoms with E-state index in [2.05, 4.69) is 492 Å². The minimum atomic E-state index is 1.11. The number of anilines is 9. The van der Waals surface area contributed by atoms with Crippen LogP contribution in [0.4, 0.5) is 51.2 Å². The molecule has 118 heavy (non-hydrogen) atoms. The molecule has 0 aliphatic rings. The maximum absolute atomic E-state index is 2.42. The van der Waals surface area contributed by atoms with Gasteiger partial charge in [-0.25, -0.2) is 0 Å². The van der Waals surface area contributed by atoms with E-state index >= 15 is 0 Å². The van der Waals surface area contributed by atoms with Crippen molar-refractivity contribution in [3.8, 4) is 39.3 Å². The van der Waals surface area contributed by atoms with Crippen molar-refractivity contribution in [1.29, 1.82) is 0 Å². The van der Waals surface area contributed by atoms with Crippen LogP contribution in [0.1, 0.15) is 16.7 Å². The zero-order valence-electron chi connectivity index (χ0n) is 65.7. The molecular weight excluding hydrogens is 1450 g/mol. The molecule has 0 aliphatic carbocycles. The Morgan fingerprint density at radius 2 is 0.483 bits per heavy atom. The summed E-state index contributed by atoms with van der Waals surface area (Å²) in [6.07, 6.45) is 0. The van der Waals surface area contributed by atoms with E-state index in [0.717, 1.165) is 45.5 Å². The van der Waals surface area contributed by atoms with Crippen LogP contribution in [0.5, 0.6) is 0 Å². The zero-order chi connectivity index (χ0) is 79.0. The first-order valence-electron chi connectivity index (χ1n) is 40.4. The number of hydrogen-bond acceptors (Lipinski definition) is 4. The lowest BCUT2D eigenvalue weighted by molar-refractivity contribution is 1.17. The first kappa shape index (κ1) is 72.0. The number of fused-ring (bicyclic) bond motifs is 12. The molecule has 562 valence electrons. The summed E-state index contributed by atoms with van der Waals surface area (Å²) < 4.78 is 9.78. The van der Waals surface area contributed by atoms with Crippen molar-refractivity contribution in [1.82, 2.24) is 13.7 Å². The van der Waals surface area contributed by atoms with E-state index in [1.807, 2.05) is 11.3 Å². The highest BCUT2D eigenvalue weighted by Crippen LogP contribution is 2.50. The molecule has 0 saturated carbocycles. The van der Waals surface area contributed by atoms with Gasteiger partial charge in [0, 0.05) is 104 Å². The van der Waals surface area contributed by atoms with Gasteiger partial charge in [0.25, 0.3) is 0 Å². The quantitative estimate of drug-likeness (QED) is 0.108. The summed E-state index contributed by atoms with van der Waals surface area (Å²) in [6, 6.07) is 159. The Morgan fingerprint density at radius 3 is 0.898 bits per heavy atom. The lowest BCUT2D eigenvalue weighted by Gasteiger charge is -2.28. The average molecular weight is 1530 g/mol. The van der Waals surface area contributed by atoms with Crippen LogP contribution in [0.25, 0.3) is 125 Å². The minimum absolute atomic E-state index is 1.11. The Labute approximate surface area is 691 Å². The highest BCUT2D eigenvalue weighted by Gasteiger charge is 2.26. The van der Waals surface area contributed by atoms with E-state index in [-0.39, 0.29) is 0 Å². The maximum Gasteiger partial charge on any atom is 0.0562 e. The molecule has 22 rings (SSSR count). The third-order valence-electron chi connectivity index (χ3n) is 22.7. The molecule has 0 atom stereocenters. The number of benzene rings is 18. The molecule has 18 aromatic carbocycles. The summed E-state index contributed by atoms with van der Waals surface area (Å²) in [5.41, 5.74) is 29.5. The van der Waals surface area contributed by atoms with Crippen molar-refractivity contribution in [2.45, 2.75) is 20.8 Å². The summed E-state index contributed by atoms with van der Waals surface area (Å²) in [7, 11) is 0. The summed E-state index contributed by atoms with van der Waals surface area (Å²) >= 11 is 1.86. The SMILES string of the molecule is Cc1ccc(-n2c3ccccc3c3c(N(c4ccccc4)c4ccc5sc6ccccc6c5c4)cccc32)cc1.Cc1ccc(N(c2ccc(C)cc2)c2cccc3c2c2ccccc2n3-c2ccccc2)cc1.c1ccc(-c2cc(-c3ccccc3)cc(N(c3ccccc3)c3cccc4c3c3ccccc3n4-c3ccccc3)c2)cc1. The van der Waals surface area contributed by atoms with Crippen molar-refractivity contribution in [3.05, 3.63) is 460 Å². The highest BCUT2D eigenvalue weighted by atomic mass is 32.1. The van der Waals surface area contributed by atoms with Gasteiger partial charge in [-0.05, 0) is 225 Å². The molecule has 7 heteroatoms. The molecule has 0 amide bonds. The maximum atomic E-state index is 2.42. The molecule has 22 aromatic rings. The summed E-state index contributed by atoms with van der Waals surface area (Å²) in [6.45, 7) is 6.40. The van der Waals surface area contributed by atoms with Gasteiger partial charge in [0.05, 0.1) is 50.2 Å². The van der Waals surface area contributed by atoms with Crippen LogP contribution < -0.4 is 14.7 Å². The summed E-state index contributed by atoms with van der Waals surface area (Å²) in [5.74, 6) is 0. The fraction of sp³-hybridized carbons (Fsp3) is 0.0270. The summed E-state index contributed by atoms with van der Waals surface area (Å²) in [4.78, 5) is 7.21. The molecule has 4 heterocycles. The first-order valence-corrected chi connectivity index (χ1v) is 41.2. The third-order valence-corrected chi connectivity index (χ3v) is 23.8. The standard InChI is InChI=1S/C42H30N2.C37H26N2S.C32H26N2/c1-5-16-31(17-6-1)33-28-34(32-18-7-2-8-19-32)30-37(29-33)43(35-20-9-3-10-21-35)40-26-15-27-41-42(40)38-24-13-14-25-39(38)44(41)36-22-11-4-12-23-36;1-25-18-20-27(21-19-25)39-32-14-7-5-13-30(32)37-33(15-9-16-34(37)39)38(26-10-3-2-4-11-26)28-22-23-36-31(24-28)29-12-6-8-17-35(29)40-36;1-23-15-19-26(20-16-23)33(27-21-17-24(2)18-22-27)30-13-8-14-31-32(30)28-11-6-7-12-29(28)34(31)25-9-4-3-5-10-25/h1-30H;2-24H,1H3;3-22H,1-2H3. The number of aryl methyl sites for hydroxylation is 3. The van der Waals surface area contributed by atoms with Crippen LogP contribution in [0.3, 0.4) is 0 Å². The van der Waals surface area contributed by atoms with E-state index in [0.29, 0.717) is 0 Å². The molecule has 0 aliphatic heterocycles. The monoisotopic (exact) mass is 1530 g/mol. The van der Waals surface area contributed by atoms with Crippen molar-refractivity contribution in [2.24, 2.45) is 0 Å². The topological polar surface area (TPSA) is 24.5 Å². The zero-order valence-corrected chi connectivity index (χ0v) is 66.6. The smallest absolute Gasteiger partial charge is 0.0562 e. The normalized spacial score (nSPS) is 11.3. The van der Waals surface area contributed by atoms with Gasteiger partial charge in [-0.1, -0.05) is 278 Å². The van der Waals surface area contributed by atoms with Gasteiger partial charge in [-0.3, -0.25) is 0 Å². The second-order valence-electron chi connectivity index (χ2n) is 30.2. The van der Waals surface area contributed by atoms with Gasteiger partial charge in [-0.2, -0.15) is 0 Å². The van der Waals surface area contributed by atoms with Gasteiger partial charge in [0.1, 0.15) is 0 Å². The van der Waals surface area contributed by atoms with Gasteiger partial charge in [-0.15, -0.1) is 11.3 Å². The van der Waals surface area contributed by atoms with E-state index in [4.69, 9.17) is 0 Å². The Kier molecular flexibility index (Phi) is 19.2. The molecular formula is C111H82N6S. The number of rotatable bonds is 14. The molecule has 6 nitrogen and oxygen atoms in total. The van der Waals surface area contributed by atoms with Crippen molar-refractivity contribution < 1.29 is 0 Å². The number of para-hydroxylation sites is 7. The second kappa shape index (κ2) is 31.4. The predicted octanol–water partition coefficient (Wildman–Crippen LogP) is 31.4. The first-order chi connectivity index (χ1) is 58.3. The van der Waals surface area contributed by atoms with Gasteiger partial charge in [0.2, 0.25) is 0 Å². The fourth-order valence-corrected chi connectivity index (χ4v) is 18.3. The van der Waals surface area contributed by atoms with Crippen LogP contribution in [-0.4, -0.2) is 13.7 Å². The molecule has 0 radical (unpaired) electrons. The minimum Gasteiger partial charge on any atom is -0.310 e. The number of nitrogens with zero attached hydrogens (tertiary/aromatic N) is 6. The van der Waals surface area contributed by atoms with E-state index < -0.39 is 0 Å². The van der Waals surface area contributed by atoms with Crippen LogP contribution in [0.2, 0.25) is 0 Å². The van der Waals surface area contributed by atoms with E-state index in [1.165, 1.54) is 147 Å². The van der Waals surface area contributed by atoms with Crippen molar-refractivity contribution in [3.63, 3.8) is 0 Å². The molecule has 0 unspecified atom stereocenters. The van der Waals surface area contributed by atoms with Crippen LogP contribution in [0.15, 0.2) is 443 Å². The van der Waals surface area contributed by atoms with Gasteiger partial charge in [0.15, 0.2) is 0 Å². The predicted molar refractivity (Wildman–Crippen MR) is 504 cm³/mol. The van der Waals surface area contributed by atoms with Gasteiger partial charge < -0.3 is 28.4 Å². The molecule has 0 spiro atoms. The highest BCUT2D eigenvalue weighted by molar-refractivity contribution is 7.25. The number of hydrogen-bond donors (Lipinski definition) is 0. The molecule has 0 saturated heterocycles. The van der Waals surface area contributed by atoms with E-state index in [1.54, 1.807) is 0 Å². The van der Waals surface area contributed by atoms with Crippen LogP contribution in [0, 0.1) is 20.8 Å². The second-order valence-corrected chi connectivity index (χ2v) is 31.3. The lowest BCUT2D eigenvalue weighted by Crippen LogP contribution is -2.10. The molecule has 0 fully saturated rings. The number of thiophene rings is 1. The van der Waals surface area contributed by atoms with Crippen LogP contribution in [-0.2, 0) is 0 Å². The average Bonchev–Trinajstić information content (AvgIpc) is 1.58. The van der Waals surface area contributed by atoms with Crippen molar-refractivity contribution >= 4 is 148 Å². The Hall–Kier alpha value is -15.0. The molecule has 0 bridgehead atoms. The molecule has 0 N–H and O–H groups in total. The summed E-state index contributed by atoms with van der Waals surface area (Å²) in [5, 5.41) is 10.1. The number of aromatic nitrogens is 3. The largest absolute Gasteiger partial charge is 0.310 e. The fourth-order valence-electron chi connectivity index (χ4n) is 17.3. The van der Waals surface area contributed by atoms with E-state index in [9.17, 15) is 0 Å². The van der Waals surface area contributed by atoms with Gasteiger partial charge >= 0.3 is 0 Å². The molecule has 4 aromatic heterocycles. The Bertz CT molecular complexity index is 7260. The Balaban J connectivity index is 0.000000115. The lowest BCUT2D eigenvalue weighted by atomic mass is 9.97. The van der Waals surface area contributed by atoms with Crippen LogP contribution >= 0.6 is 11.3 Å². The third kappa shape index (κ3) is 13.4. The Morgan fingerprint density at radius 1 is 0.186 bits per heavy atom. The van der Waals surface area contributed by atoms with Crippen molar-refractivity contribution in [2.75, 3.05) is 14.7 Å².